The standard InChI is InChI=1S/C11H9N5/c1-2-8-10-6(4-12-15-9(10)3-1)7-5-13-16-11(7)14-8/h1-3,5,9,12,15H,4H2. The Labute approximate surface area is 91.3 Å². The molecule has 1 aromatic heterocycles. The summed E-state index contributed by atoms with van der Waals surface area (Å²) in [5.74, 6) is 0.739. The van der Waals surface area contributed by atoms with Crippen molar-refractivity contribution in [1.82, 2.24) is 15.8 Å². The van der Waals surface area contributed by atoms with E-state index in [4.69, 9.17) is 0 Å². The molecule has 2 aliphatic heterocycles. The fourth-order valence-corrected chi connectivity index (χ4v) is 2.41. The Morgan fingerprint density at radius 2 is 2.38 bits per heavy atom. The van der Waals surface area contributed by atoms with E-state index in [-0.39, 0.29) is 6.04 Å². The lowest BCUT2D eigenvalue weighted by atomic mass is 9.95. The Hall–Kier alpha value is -1.85. The van der Waals surface area contributed by atoms with Gasteiger partial charge in [-0.15, -0.1) is 5.11 Å². The smallest absolute Gasteiger partial charge is 0.184 e. The van der Waals surface area contributed by atoms with Gasteiger partial charge in [0.2, 0.25) is 0 Å². The van der Waals surface area contributed by atoms with E-state index < -0.39 is 0 Å². The molecule has 16 heavy (non-hydrogen) atoms. The summed E-state index contributed by atoms with van der Waals surface area (Å²) < 4.78 is 0. The number of fused-ring (bicyclic) bond motifs is 2. The Morgan fingerprint density at radius 3 is 3.38 bits per heavy atom. The second-order valence-electron chi connectivity index (χ2n) is 4.00. The van der Waals surface area contributed by atoms with Crippen molar-refractivity contribution in [1.29, 1.82) is 0 Å². The van der Waals surface area contributed by atoms with E-state index in [1.54, 1.807) is 6.20 Å². The van der Waals surface area contributed by atoms with Crippen molar-refractivity contribution in [2.24, 2.45) is 10.2 Å². The van der Waals surface area contributed by atoms with E-state index >= 15 is 0 Å². The summed E-state index contributed by atoms with van der Waals surface area (Å²) in [5.41, 5.74) is 8.93. The lowest BCUT2D eigenvalue weighted by molar-refractivity contribution is 0.449. The Morgan fingerprint density at radius 1 is 1.38 bits per heavy atom. The summed E-state index contributed by atoms with van der Waals surface area (Å²) in [4.78, 5) is 4.52. The van der Waals surface area contributed by atoms with Crippen LogP contribution in [0.2, 0.25) is 0 Å². The maximum absolute atomic E-state index is 4.52. The molecule has 3 heterocycles. The van der Waals surface area contributed by atoms with Crippen LogP contribution in [0.3, 0.4) is 0 Å². The molecule has 0 amide bonds. The summed E-state index contributed by atoms with van der Waals surface area (Å²) in [5, 5.41) is 10.0. The third-order valence-corrected chi connectivity index (χ3v) is 3.12. The van der Waals surface area contributed by atoms with E-state index in [0.29, 0.717) is 0 Å². The highest BCUT2D eigenvalue weighted by Crippen LogP contribution is 2.21. The molecule has 0 aromatic carbocycles. The molecule has 1 atom stereocenters. The van der Waals surface area contributed by atoms with Crippen LogP contribution in [0.4, 0.5) is 5.82 Å². The van der Waals surface area contributed by atoms with Gasteiger partial charge in [-0.3, -0.25) is 5.43 Å². The molecule has 0 fully saturated rings. The van der Waals surface area contributed by atoms with Crippen LogP contribution in [0.25, 0.3) is 12.3 Å². The third kappa shape index (κ3) is 0.937. The van der Waals surface area contributed by atoms with Crippen LogP contribution in [0.1, 0.15) is 17.2 Å². The van der Waals surface area contributed by atoms with Crippen molar-refractivity contribution in [3.05, 3.63) is 33.8 Å². The number of hydrogen-bond acceptors (Lipinski definition) is 5. The second kappa shape index (κ2) is 2.84. The van der Waals surface area contributed by atoms with Gasteiger partial charge >= 0.3 is 0 Å². The van der Waals surface area contributed by atoms with Crippen LogP contribution < -0.4 is 21.4 Å². The summed E-state index contributed by atoms with van der Waals surface area (Å²) in [6.07, 6.45) is 7.96. The highest BCUT2D eigenvalue weighted by molar-refractivity contribution is 5.55. The molecule has 4 rings (SSSR count). The number of allylic oxidation sites excluding steroid dienone is 1. The molecule has 78 valence electrons. The van der Waals surface area contributed by atoms with E-state index in [1.165, 1.54) is 11.1 Å². The Balaban J connectivity index is 2.19. The number of hydrogen-bond donors (Lipinski definition) is 2. The molecule has 0 saturated heterocycles. The maximum Gasteiger partial charge on any atom is 0.184 e. The number of nitrogens with one attached hydrogen (secondary N) is 2. The van der Waals surface area contributed by atoms with Crippen molar-refractivity contribution in [3.8, 4) is 0 Å². The lowest BCUT2D eigenvalue weighted by Crippen LogP contribution is -2.46. The molecule has 0 bridgehead atoms. The van der Waals surface area contributed by atoms with E-state index in [1.807, 2.05) is 12.2 Å². The molecule has 1 unspecified atom stereocenters. The lowest BCUT2D eigenvalue weighted by Gasteiger charge is -2.27. The molecule has 1 aromatic rings. The molecule has 0 radical (unpaired) electrons. The Bertz CT molecular complexity index is 656. The number of hydrazine groups is 1. The van der Waals surface area contributed by atoms with Gasteiger partial charge in [0, 0.05) is 17.3 Å². The first-order valence-corrected chi connectivity index (χ1v) is 5.24. The number of azo groups is 1. The molecule has 1 aliphatic carbocycles. The Kier molecular flexibility index (Phi) is 1.48. The molecule has 0 spiro atoms. The number of rotatable bonds is 0. The summed E-state index contributed by atoms with van der Waals surface area (Å²) >= 11 is 0. The minimum atomic E-state index is 0.204. The SMILES string of the molecule is C1=CC2NNCc3c2c(nc2c3=CN=N2)=C1. The predicted molar refractivity (Wildman–Crippen MR) is 58.8 cm³/mol. The third-order valence-electron chi connectivity index (χ3n) is 3.12. The van der Waals surface area contributed by atoms with Crippen molar-refractivity contribution < 1.29 is 0 Å². The quantitative estimate of drug-likeness (QED) is 0.630. The average molecular weight is 211 g/mol. The zero-order valence-corrected chi connectivity index (χ0v) is 8.44. The minimum absolute atomic E-state index is 0.204. The molecular formula is C11H9N5. The second-order valence-corrected chi connectivity index (χ2v) is 4.00. The van der Waals surface area contributed by atoms with Gasteiger partial charge in [0.25, 0.3) is 0 Å². The topological polar surface area (TPSA) is 61.7 Å². The van der Waals surface area contributed by atoms with Gasteiger partial charge in [-0.1, -0.05) is 12.2 Å². The molecular weight excluding hydrogens is 202 g/mol. The van der Waals surface area contributed by atoms with Crippen molar-refractivity contribution in [3.63, 3.8) is 0 Å². The minimum Gasteiger partial charge on any atom is -0.253 e. The van der Waals surface area contributed by atoms with Gasteiger partial charge in [-0.25, -0.2) is 10.4 Å². The number of aromatic nitrogens is 1. The molecule has 5 heteroatoms. The fraction of sp³-hybridized carbons (Fsp3) is 0.182. The number of nitrogens with zero attached hydrogens (tertiary/aromatic N) is 3. The van der Waals surface area contributed by atoms with Crippen LogP contribution in [0, 0.1) is 0 Å². The zero-order valence-electron chi connectivity index (χ0n) is 8.44. The maximum atomic E-state index is 4.52. The number of pyridine rings is 1. The predicted octanol–water partition coefficient (Wildman–Crippen LogP) is -0.0839. The van der Waals surface area contributed by atoms with Crippen molar-refractivity contribution >= 4 is 18.1 Å². The van der Waals surface area contributed by atoms with Gasteiger partial charge in [0.15, 0.2) is 5.82 Å². The monoisotopic (exact) mass is 211 g/mol. The first-order chi connectivity index (χ1) is 7.93. The fourth-order valence-electron chi connectivity index (χ4n) is 2.41. The van der Waals surface area contributed by atoms with Crippen LogP contribution in [-0.4, -0.2) is 4.98 Å². The van der Waals surface area contributed by atoms with Crippen molar-refractivity contribution in [2.45, 2.75) is 12.6 Å². The van der Waals surface area contributed by atoms with Gasteiger partial charge in [0.05, 0.1) is 17.6 Å². The normalized spacial score (nSPS) is 23.4. The van der Waals surface area contributed by atoms with Gasteiger partial charge < -0.3 is 0 Å². The first-order valence-electron chi connectivity index (χ1n) is 5.24. The molecule has 3 aliphatic rings. The molecule has 5 nitrogen and oxygen atoms in total. The van der Waals surface area contributed by atoms with Crippen LogP contribution in [0.15, 0.2) is 22.4 Å². The average Bonchev–Trinajstić information content (AvgIpc) is 2.78. The van der Waals surface area contributed by atoms with Crippen LogP contribution >= 0.6 is 0 Å². The van der Waals surface area contributed by atoms with E-state index in [0.717, 1.165) is 22.9 Å². The molecule has 0 saturated carbocycles. The zero-order chi connectivity index (χ0) is 10.5. The van der Waals surface area contributed by atoms with Gasteiger partial charge in [0.1, 0.15) is 0 Å². The van der Waals surface area contributed by atoms with Gasteiger partial charge in [-0.05, 0) is 11.6 Å². The first kappa shape index (κ1) is 8.32. The van der Waals surface area contributed by atoms with Gasteiger partial charge in [-0.2, -0.15) is 5.11 Å². The highest BCUT2D eigenvalue weighted by atomic mass is 15.4. The van der Waals surface area contributed by atoms with Crippen LogP contribution in [0.5, 0.6) is 0 Å². The van der Waals surface area contributed by atoms with E-state index in [2.05, 4.69) is 32.1 Å². The summed E-state index contributed by atoms with van der Waals surface area (Å²) in [6.45, 7) is 0.785. The summed E-state index contributed by atoms with van der Waals surface area (Å²) in [7, 11) is 0. The molecule has 2 N–H and O–H groups in total. The highest BCUT2D eigenvalue weighted by Gasteiger charge is 2.24. The van der Waals surface area contributed by atoms with E-state index in [9.17, 15) is 0 Å². The van der Waals surface area contributed by atoms with Crippen molar-refractivity contribution in [2.75, 3.05) is 0 Å². The largest absolute Gasteiger partial charge is 0.253 e. The van der Waals surface area contributed by atoms with Crippen LogP contribution in [-0.2, 0) is 6.54 Å². The summed E-state index contributed by atoms with van der Waals surface area (Å²) in [6, 6.07) is 0.204.